The fourth-order valence-electron chi connectivity index (χ4n) is 2.95. The van der Waals surface area contributed by atoms with Gasteiger partial charge in [0.05, 0.1) is 4.88 Å². The van der Waals surface area contributed by atoms with E-state index in [1.807, 2.05) is 47.8 Å². The molecular formula is C24H19N3O2S. The highest BCUT2D eigenvalue weighted by Gasteiger charge is 2.09. The number of nitrogens with one attached hydrogen (secondary N) is 2. The minimum atomic E-state index is -0.201. The number of carbonyl (C=O) groups is 2. The van der Waals surface area contributed by atoms with Gasteiger partial charge in [0.1, 0.15) is 0 Å². The molecule has 6 heteroatoms. The highest BCUT2D eigenvalue weighted by Crippen LogP contribution is 2.17. The predicted octanol–water partition coefficient (Wildman–Crippen LogP) is 5.24. The molecule has 30 heavy (non-hydrogen) atoms. The van der Waals surface area contributed by atoms with Crippen LogP contribution in [0.15, 0.2) is 90.6 Å². The van der Waals surface area contributed by atoms with E-state index in [1.54, 1.807) is 42.7 Å². The summed E-state index contributed by atoms with van der Waals surface area (Å²) in [4.78, 5) is 29.3. The van der Waals surface area contributed by atoms with Crippen LogP contribution in [0, 0.1) is 0 Å². The van der Waals surface area contributed by atoms with E-state index in [4.69, 9.17) is 0 Å². The molecule has 2 N–H and O–H groups in total. The third-order valence-electron chi connectivity index (χ3n) is 4.52. The van der Waals surface area contributed by atoms with Gasteiger partial charge in [-0.3, -0.25) is 14.6 Å². The molecule has 2 heterocycles. The molecule has 0 saturated carbocycles. The Labute approximate surface area is 178 Å². The smallest absolute Gasteiger partial charge is 0.265 e. The monoisotopic (exact) mass is 413 g/mol. The zero-order valence-corrected chi connectivity index (χ0v) is 16.9. The van der Waals surface area contributed by atoms with Crippen molar-refractivity contribution in [3.63, 3.8) is 0 Å². The van der Waals surface area contributed by atoms with E-state index in [-0.39, 0.29) is 11.8 Å². The largest absolute Gasteiger partial charge is 0.322 e. The van der Waals surface area contributed by atoms with Crippen molar-refractivity contribution in [2.75, 3.05) is 10.6 Å². The van der Waals surface area contributed by atoms with Crippen LogP contribution < -0.4 is 10.6 Å². The van der Waals surface area contributed by atoms with E-state index < -0.39 is 0 Å². The molecule has 2 amide bonds. The van der Waals surface area contributed by atoms with Crippen molar-refractivity contribution in [3.8, 4) is 0 Å². The van der Waals surface area contributed by atoms with Crippen molar-refractivity contribution < 1.29 is 9.59 Å². The average Bonchev–Trinajstić information content (AvgIpc) is 3.32. The third kappa shape index (κ3) is 4.98. The molecule has 0 spiro atoms. The van der Waals surface area contributed by atoms with Crippen molar-refractivity contribution in [1.29, 1.82) is 0 Å². The van der Waals surface area contributed by atoms with Crippen molar-refractivity contribution >= 4 is 34.5 Å². The molecule has 0 fully saturated rings. The molecule has 0 aliphatic rings. The van der Waals surface area contributed by atoms with Crippen LogP contribution in [0.1, 0.15) is 31.2 Å². The molecule has 4 rings (SSSR count). The number of hydrogen-bond acceptors (Lipinski definition) is 4. The standard InChI is InChI=1S/C24H19N3O2S/c28-23(19-5-9-21(10-6-19)27-24(29)22-2-1-15-30-22)26-20-7-3-17(4-8-20)16-18-11-13-25-14-12-18/h1-15H,16H2,(H,26,28)(H,27,29). The van der Waals surface area contributed by atoms with Crippen LogP contribution in [-0.2, 0) is 6.42 Å². The first kappa shape index (κ1) is 19.5. The van der Waals surface area contributed by atoms with Crippen LogP contribution >= 0.6 is 11.3 Å². The maximum atomic E-state index is 12.5. The number of pyridine rings is 1. The molecule has 0 bridgehead atoms. The third-order valence-corrected chi connectivity index (χ3v) is 5.39. The van der Waals surface area contributed by atoms with Gasteiger partial charge in [0.15, 0.2) is 0 Å². The van der Waals surface area contributed by atoms with E-state index in [0.717, 1.165) is 17.7 Å². The summed E-state index contributed by atoms with van der Waals surface area (Å²) in [5, 5.41) is 7.57. The first-order valence-corrected chi connectivity index (χ1v) is 10.3. The Kier molecular flexibility index (Phi) is 5.96. The quantitative estimate of drug-likeness (QED) is 0.454. The fourth-order valence-corrected chi connectivity index (χ4v) is 3.57. The lowest BCUT2D eigenvalue weighted by atomic mass is 10.1. The highest BCUT2D eigenvalue weighted by atomic mass is 32.1. The number of aromatic nitrogens is 1. The lowest BCUT2D eigenvalue weighted by Gasteiger charge is -2.08. The topological polar surface area (TPSA) is 71.1 Å². The summed E-state index contributed by atoms with van der Waals surface area (Å²) in [6.07, 6.45) is 4.38. The maximum Gasteiger partial charge on any atom is 0.265 e. The predicted molar refractivity (Wildman–Crippen MR) is 120 cm³/mol. The van der Waals surface area contributed by atoms with Gasteiger partial charge in [0, 0.05) is 29.3 Å². The Balaban J connectivity index is 1.35. The van der Waals surface area contributed by atoms with Gasteiger partial charge < -0.3 is 10.6 Å². The molecule has 0 unspecified atom stereocenters. The van der Waals surface area contributed by atoms with Gasteiger partial charge in [-0.05, 0) is 77.5 Å². The number of rotatable bonds is 6. The molecule has 0 radical (unpaired) electrons. The summed E-state index contributed by atoms with van der Waals surface area (Å²) >= 11 is 1.38. The van der Waals surface area contributed by atoms with Crippen molar-refractivity contribution in [3.05, 3.63) is 112 Å². The normalized spacial score (nSPS) is 10.4. The van der Waals surface area contributed by atoms with Gasteiger partial charge in [0.2, 0.25) is 0 Å². The second kappa shape index (κ2) is 9.15. The van der Waals surface area contributed by atoms with Gasteiger partial charge in [-0.1, -0.05) is 18.2 Å². The minimum absolute atomic E-state index is 0.158. The van der Waals surface area contributed by atoms with Crippen LogP contribution in [0.4, 0.5) is 11.4 Å². The summed E-state index contributed by atoms with van der Waals surface area (Å²) in [7, 11) is 0. The number of hydrogen-bond donors (Lipinski definition) is 2. The molecule has 148 valence electrons. The maximum absolute atomic E-state index is 12.5. The number of anilines is 2. The molecule has 0 atom stereocenters. The van der Waals surface area contributed by atoms with Gasteiger partial charge in [-0.2, -0.15) is 0 Å². The molecule has 5 nitrogen and oxygen atoms in total. The van der Waals surface area contributed by atoms with Gasteiger partial charge in [0.25, 0.3) is 11.8 Å². The second-order valence-corrected chi connectivity index (χ2v) is 7.64. The number of carbonyl (C=O) groups excluding carboxylic acids is 2. The molecule has 0 aliphatic heterocycles. The highest BCUT2D eigenvalue weighted by molar-refractivity contribution is 7.12. The molecular weight excluding hydrogens is 394 g/mol. The Hall–Kier alpha value is -3.77. The SMILES string of the molecule is O=C(Nc1ccc(Cc2ccncc2)cc1)c1ccc(NC(=O)c2cccs2)cc1. The van der Waals surface area contributed by atoms with Gasteiger partial charge in [-0.25, -0.2) is 0 Å². The number of amides is 2. The zero-order chi connectivity index (χ0) is 20.8. The zero-order valence-electron chi connectivity index (χ0n) is 16.0. The Morgan fingerprint density at radius 3 is 1.97 bits per heavy atom. The first-order valence-electron chi connectivity index (χ1n) is 9.41. The molecule has 0 aliphatic carbocycles. The van der Waals surface area contributed by atoms with Crippen LogP contribution in [0.25, 0.3) is 0 Å². The van der Waals surface area contributed by atoms with Crippen molar-refractivity contribution in [2.45, 2.75) is 6.42 Å². The van der Waals surface area contributed by atoms with E-state index in [2.05, 4.69) is 15.6 Å². The lowest BCUT2D eigenvalue weighted by Crippen LogP contribution is -2.13. The van der Waals surface area contributed by atoms with E-state index in [9.17, 15) is 9.59 Å². The summed E-state index contributed by atoms with van der Waals surface area (Å²) in [6, 6.07) is 22.2. The summed E-state index contributed by atoms with van der Waals surface area (Å²) in [5.41, 5.74) is 4.24. The second-order valence-electron chi connectivity index (χ2n) is 6.69. The van der Waals surface area contributed by atoms with Gasteiger partial charge in [-0.15, -0.1) is 11.3 Å². The molecule has 0 saturated heterocycles. The van der Waals surface area contributed by atoms with Crippen LogP contribution in [-0.4, -0.2) is 16.8 Å². The number of thiophene rings is 1. The number of nitrogens with zero attached hydrogens (tertiary/aromatic N) is 1. The Bertz CT molecular complexity index is 1120. The van der Waals surface area contributed by atoms with E-state index in [1.165, 1.54) is 16.9 Å². The summed E-state index contributed by atoms with van der Waals surface area (Å²) in [6.45, 7) is 0. The van der Waals surface area contributed by atoms with Crippen LogP contribution in [0.5, 0.6) is 0 Å². The van der Waals surface area contributed by atoms with Crippen LogP contribution in [0.2, 0.25) is 0 Å². The molecule has 2 aromatic carbocycles. The van der Waals surface area contributed by atoms with Crippen molar-refractivity contribution in [2.24, 2.45) is 0 Å². The number of benzene rings is 2. The Morgan fingerprint density at radius 2 is 1.33 bits per heavy atom. The van der Waals surface area contributed by atoms with Crippen molar-refractivity contribution in [1.82, 2.24) is 4.98 Å². The summed E-state index contributed by atoms with van der Waals surface area (Å²) < 4.78 is 0. The minimum Gasteiger partial charge on any atom is -0.322 e. The van der Waals surface area contributed by atoms with Crippen LogP contribution in [0.3, 0.4) is 0 Å². The average molecular weight is 414 g/mol. The first-order chi connectivity index (χ1) is 14.7. The lowest BCUT2D eigenvalue weighted by molar-refractivity contribution is 0.102. The Morgan fingerprint density at radius 1 is 0.733 bits per heavy atom. The fraction of sp³-hybridized carbons (Fsp3) is 0.0417. The van der Waals surface area contributed by atoms with E-state index >= 15 is 0 Å². The molecule has 4 aromatic rings. The van der Waals surface area contributed by atoms with Gasteiger partial charge >= 0.3 is 0 Å². The summed E-state index contributed by atoms with van der Waals surface area (Å²) in [5.74, 6) is -0.359. The van der Waals surface area contributed by atoms with E-state index in [0.29, 0.717) is 16.1 Å². The molecule has 2 aromatic heterocycles.